The minimum Gasteiger partial charge on any atom is -0.431 e. The topological polar surface area (TPSA) is 99.2 Å². The summed E-state index contributed by atoms with van der Waals surface area (Å²) in [6.45, 7) is 0. The fourth-order valence-electron chi connectivity index (χ4n) is 3.56. The number of anilines is 1. The number of aromatic nitrogens is 1. The van der Waals surface area contributed by atoms with Crippen molar-refractivity contribution in [3.63, 3.8) is 0 Å². The molecule has 0 saturated heterocycles. The Balaban J connectivity index is 1.38. The van der Waals surface area contributed by atoms with Gasteiger partial charge in [0.1, 0.15) is 28.0 Å². The number of nitrogens with zero attached hydrogens (tertiary/aromatic N) is 3. The summed E-state index contributed by atoms with van der Waals surface area (Å²) < 4.78 is 5.67. The summed E-state index contributed by atoms with van der Waals surface area (Å²) in [5, 5.41) is 15.4. The lowest BCUT2D eigenvalue weighted by Gasteiger charge is -2.24. The second kappa shape index (κ2) is 10.6. The monoisotopic (exact) mass is 510 g/mol. The number of thioether (sulfide) groups is 2. The Hall–Kier alpha value is -4.26. The molecule has 2 heterocycles. The molecule has 1 amide bonds. The first-order chi connectivity index (χ1) is 17.6. The summed E-state index contributed by atoms with van der Waals surface area (Å²) in [6.07, 6.45) is 0. The van der Waals surface area contributed by atoms with Crippen LogP contribution in [0.1, 0.15) is 10.4 Å². The van der Waals surface area contributed by atoms with Gasteiger partial charge < -0.3 is 9.73 Å². The van der Waals surface area contributed by atoms with Crippen molar-refractivity contribution in [1.82, 2.24) is 10.3 Å². The molecule has 5 rings (SSSR count). The molecule has 4 aromatic rings. The summed E-state index contributed by atoms with van der Waals surface area (Å²) in [5.41, 5.74) is 2.52. The second-order valence-electron chi connectivity index (χ2n) is 7.56. The highest BCUT2D eigenvalue weighted by molar-refractivity contribution is 8.06. The van der Waals surface area contributed by atoms with E-state index in [0.717, 1.165) is 5.52 Å². The van der Waals surface area contributed by atoms with Gasteiger partial charge in [-0.2, -0.15) is 5.26 Å². The lowest BCUT2D eigenvalue weighted by molar-refractivity contribution is -0.117. The Labute approximate surface area is 215 Å². The van der Waals surface area contributed by atoms with E-state index in [2.05, 4.69) is 16.4 Å². The Kier molecular flexibility index (Phi) is 6.89. The van der Waals surface area contributed by atoms with Gasteiger partial charge in [-0.3, -0.25) is 14.5 Å². The van der Waals surface area contributed by atoms with Gasteiger partial charge in [0.05, 0.1) is 5.75 Å². The lowest BCUT2D eigenvalue weighted by Crippen LogP contribution is -2.33. The first-order valence-corrected chi connectivity index (χ1v) is 12.7. The maximum absolute atomic E-state index is 13.2. The van der Waals surface area contributed by atoms with Crippen molar-refractivity contribution in [3.8, 4) is 6.07 Å². The maximum atomic E-state index is 13.2. The molecule has 1 aliphatic rings. The van der Waals surface area contributed by atoms with Gasteiger partial charge in [0, 0.05) is 16.7 Å². The number of carbonyl (C=O) groups is 2. The molecule has 0 radical (unpaired) electrons. The largest absolute Gasteiger partial charge is 0.431 e. The molecule has 1 N–H and O–H groups in total. The number of para-hydroxylation sites is 3. The average Bonchev–Trinajstić information content (AvgIpc) is 3.53. The number of hydrogen-bond donors (Lipinski definition) is 1. The molecule has 0 unspecified atom stereocenters. The van der Waals surface area contributed by atoms with Crippen molar-refractivity contribution < 1.29 is 14.0 Å². The number of hydrogen-bond acceptors (Lipinski definition) is 8. The van der Waals surface area contributed by atoms with E-state index in [9.17, 15) is 14.9 Å². The van der Waals surface area contributed by atoms with Crippen LogP contribution in [0.2, 0.25) is 0 Å². The quantitative estimate of drug-likeness (QED) is 0.146. The summed E-state index contributed by atoms with van der Waals surface area (Å²) in [4.78, 5) is 32.1. The van der Waals surface area contributed by atoms with Crippen LogP contribution in [-0.2, 0) is 4.79 Å². The predicted molar refractivity (Wildman–Crippen MR) is 141 cm³/mol. The number of Topliss-reactive ketones (excluding diaryl/α,β-unsaturated/α-hetero) is 1. The van der Waals surface area contributed by atoms with Crippen LogP contribution in [0.4, 0.5) is 5.69 Å². The van der Waals surface area contributed by atoms with Gasteiger partial charge in [0.25, 0.3) is 5.22 Å². The van der Waals surface area contributed by atoms with E-state index in [1.807, 2.05) is 60.7 Å². The van der Waals surface area contributed by atoms with Crippen LogP contribution in [0, 0.1) is 11.3 Å². The van der Waals surface area contributed by atoms with E-state index in [1.165, 1.54) is 23.5 Å². The predicted octanol–water partition coefficient (Wildman–Crippen LogP) is 5.71. The van der Waals surface area contributed by atoms with E-state index >= 15 is 0 Å². The zero-order valence-corrected chi connectivity index (χ0v) is 20.4. The third-order valence-electron chi connectivity index (χ3n) is 5.20. The molecular weight excluding hydrogens is 492 g/mol. The number of benzene rings is 3. The number of fused-ring (bicyclic) bond motifs is 1. The SMILES string of the molecule is N#C/C(C(=O)c1ccccc1)=C1/SC=C(NC(=O)CSc2nc3ccccc3o2)N1c1ccccc1. The van der Waals surface area contributed by atoms with E-state index in [0.29, 0.717) is 32.9 Å². The van der Waals surface area contributed by atoms with E-state index in [1.54, 1.807) is 34.6 Å². The Morgan fingerprint density at radius 3 is 2.42 bits per heavy atom. The Bertz CT molecular complexity index is 1510. The number of allylic oxidation sites excluding steroid dienone is 1. The van der Waals surface area contributed by atoms with E-state index < -0.39 is 0 Å². The third kappa shape index (κ3) is 4.91. The van der Waals surface area contributed by atoms with Crippen LogP contribution in [0.15, 0.2) is 116 Å². The number of rotatable bonds is 7. The highest BCUT2D eigenvalue weighted by Gasteiger charge is 2.30. The van der Waals surface area contributed by atoms with Crippen molar-refractivity contribution in [2.45, 2.75) is 5.22 Å². The normalized spacial score (nSPS) is 14.3. The number of oxazole rings is 1. The highest BCUT2D eigenvalue weighted by atomic mass is 32.2. The van der Waals surface area contributed by atoms with Crippen molar-refractivity contribution in [2.75, 3.05) is 10.7 Å². The van der Waals surface area contributed by atoms with Gasteiger partial charge in [-0.25, -0.2) is 4.98 Å². The number of amides is 1. The van der Waals surface area contributed by atoms with Crippen LogP contribution >= 0.6 is 23.5 Å². The zero-order valence-electron chi connectivity index (χ0n) is 18.8. The molecule has 36 heavy (non-hydrogen) atoms. The standard InChI is InChI=1S/C27H18N4O3S2/c28-15-20(25(33)18-9-3-1-4-10-18)26-31(19-11-5-2-6-12-19)23(16-35-26)30-24(32)17-36-27-29-21-13-7-8-14-22(21)34-27/h1-14,16H,17H2,(H,30,32)/b26-20-. The fraction of sp³-hybridized carbons (Fsp3) is 0.0370. The molecule has 0 bridgehead atoms. The average molecular weight is 511 g/mol. The zero-order chi connectivity index (χ0) is 24.9. The van der Waals surface area contributed by atoms with Crippen LogP contribution < -0.4 is 10.2 Å². The highest BCUT2D eigenvalue weighted by Crippen LogP contribution is 2.40. The number of ketones is 1. The molecular formula is C27H18N4O3S2. The van der Waals surface area contributed by atoms with Crippen molar-refractivity contribution in [1.29, 1.82) is 5.26 Å². The molecule has 0 saturated carbocycles. The summed E-state index contributed by atoms with van der Waals surface area (Å²) in [6, 6.07) is 27.4. The van der Waals surface area contributed by atoms with Crippen LogP contribution in [-0.4, -0.2) is 22.4 Å². The molecule has 1 aliphatic heterocycles. The van der Waals surface area contributed by atoms with Gasteiger partial charge in [-0.1, -0.05) is 84.2 Å². The Morgan fingerprint density at radius 1 is 1.00 bits per heavy atom. The first-order valence-electron chi connectivity index (χ1n) is 10.9. The molecule has 3 aromatic carbocycles. The number of nitriles is 1. The summed E-state index contributed by atoms with van der Waals surface area (Å²) in [5.74, 6) is -0.124. The van der Waals surface area contributed by atoms with Gasteiger partial charge in [0.2, 0.25) is 11.7 Å². The minimum atomic E-state index is -0.381. The molecule has 0 atom stereocenters. The lowest BCUT2D eigenvalue weighted by atomic mass is 10.1. The molecule has 176 valence electrons. The van der Waals surface area contributed by atoms with Gasteiger partial charge in [-0.05, 0) is 24.3 Å². The van der Waals surface area contributed by atoms with Crippen molar-refractivity contribution in [2.24, 2.45) is 0 Å². The van der Waals surface area contributed by atoms with Crippen LogP contribution in [0.5, 0.6) is 0 Å². The van der Waals surface area contributed by atoms with E-state index in [-0.39, 0.29) is 23.0 Å². The minimum absolute atomic E-state index is 0.00333. The van der Waals surface area contributed by atoms with Gasteiger partial charge in [-0.15, -0.1) is 0 Å². The molecule has 0 fully saturated rings. The van der Waals surface area contributed by atoms with Crippen molar-refractivity contribution >= 4 is 52.0 Å². The molecule has 7 nitrogen and oxygen atoms in total. The first kappa shape index (κ1) is 23.5. The Morgan fingerprint density at radius 2 is 1.69 bits per heavy atom. The molecule has 0 spiro atoms. The summed E-state index contributed by atoms with van der Waals surface area (Å²) in [7, 11) is 0. The molecule has 1 aromatic heterocycles. The molecule has 0 aliphatic carbocycles. The summed E-state index contributed by atoms with van der Waals surface area (Å²) >= 11 is 2.40. The van der Waals surface area contributed by atoms with Crippen molar-refractivity contribution in [3.05, 3.63) is 112 Å². The van der Waals surface area contributed by atoms with Crippen LogP contribution in [0.25, 0.3) is 11.1 Å². The third-order valence-corrected chi connectivity index (χ3v) is 6.98. The maximum Gasteiger partial charge on any atom is 0.257 e. The number of carbonyl (C=O) groups excluding carboxylic acids is 2. The van der Waals surface area contributed by atoms with E-state index in [4.69, 9.17) is 4.42 Å². The smallest absolute Gasteiger partial charge is 0.257 e. The van der Waals surface area contributed by atoms with Crippen LogP contribution in [0.3, 0.4) is 0 Å². The molecule has 9 heteroatoms. The number of nitrogens with one attached hydrogen (secondary N) is 1. The fourth-order valence-corrected chi connectivity index (χ4v) is 5.16. The van der Waals surface area contributed by atoms with Gasteiger partial charge >= 0.3 is 0 Å². The second-order valence-corrected chi connectivity index (χ2v) is 9.35. The van der Waals surface area contributed by atoms with Gasteiger partial charge in [0.15, 0.2) is 5.58 Å².